The first-order valence-corrected chi connectivity index (χ1v) is 6.04. The molecule has 0 bridgehead atoms. The number of anilines is 1. The fourth-order valence-corrected chi connectivity index (χ4v) is 1.69. The van der Waals surface area contributed by atoms with Crippen LogP contribution in [0.4, 0.5) is 10.5 Å². The second-order valence-electron chi connectivity index (χ2n) is 4.06. The second-order valence-corrected chi connectivity index (χ2v) is 4.06. The molecule has 2 rings (SSSR count). The number of benzene rings is 2. The van der Waals surface area contributed by atoms with Gasteiger partial charge in [-0.2, -0.15) is 0 Å². The molecule has 108 valence electrons. The van der Waals surface area contributed by atoms with Crippen molar-refractivity contribution >= 4 is 18.1 Å². The Bertz CT molecular complexity index is 655. The van der Waals surface area contributed by atoms with Crippen LogP contribution in [0.3, 0.4) is 0 Å². The van der Waals surface area contributed by atoms with Crippen LogP contribution < -0.4 is 14.8 Å². The van der Waals surface area contributed by atoms with Gasteiger partial charge in [-0.25, -0.2) is 4.79 Å². The number of phenols is 1. The Balaban J connectivity index is 2.15. The number of rotatable bonds is 4. The molecule has 0 aromatic heterocycles. The standard InChI is InChI=1S/C15H13NO5/c1-20-13-8-11(7-10(9-17)14(13)18)16-15(19)21-12-5-3-2-4-6-12/h2-9,18H,1H3,(H,16,19). The minimum Gasteiger partial charge on any atom is -0.504 e. The van der Waals surface area contributed by atoms with Gasteiger partial charge in [-0.3, -0.25) is 10.1 Å². The Morgan fingerprint density at radius 1 is 1.24 bits per heavy atom. The molecular weight excluding hydrogens is 274 g/mol. The maximum absolute atomic E-state index is 11.7. The fourth-order valence-electron chi connectivity index (χ4n) is 1.69. The Hall–Kier alpha value is -3.02. The average molecular weight is 287 g/mol. The highest BCUT2D eigenvalue weighted by atomic mass is 16.6. The molecule has 0 saturated heterocycles. The van der Waals surface area contributed by atoms with Crippen molar-refractivity contribution in [2.75, 3.05) is 12.4 Å². The summed E-state index contributed by atoms with van der Waals surface area (Å²) in [5.41, 5.74) is 0.275. The number of ether oxygens (including phenoxy) is 2. The van der Waals surface area contributed by atoms with Crippen LogP contribution in [0.5, 0.6) is 17.2 Å². The summed E-state index contributed by atoms with van der Waals surface area (Å²) in [5.74, 6) is 0.181. The molecule has 6 heteroatoms. The third-order valence-corrected chi connectivity index (χ3v) is 2.65. The van der Waals surface area contributed by atoms with E-state index in [9.17, 15) is 14.7 Å². The highest BCUT2D eigenvalue weighted by Gasteiger charge is 2.12. The van der Waals surface area contributed by atoms with Gasteiger partial charge in [-0.05, 0) is 18.2 Å². The number of carbonyl (C=O) groups is 2. The first kappa shape index (κ1) is 14.4. The summed E-state index contributed by atoms with van der Waals surface area (Å²) in [6, 6.07) is 11.2. The van der Waals surface area contributed by atoms with Gasteiger partial charge in [-0.15, -0.1) is 0 Å². The lowest BCUT2D eigenvalue weighted by Gasteiger charge is -2.10. The third-order valence-electron chi connectivity index (χ3n) is 2.65. The average Bonchev–Trinajstić information content (AvgIpc) is 2.49. The van der Waals surface area contributed by atoms with Crippen molar-refractivity contribution in [1.82, 2.24) is 0 Å². The first-order chi connectivity index (χ1) is 10.1. The molecule has 0 fully saturated rings. The van der Waals surface area contributed by atoms with Gasteiger partial charge in [0.25, 0.3) is 0 Å². The van der Waals surface area contributed by atoms with E-state index in [1.807, 2.05) is 0 Å². The quantitative estimate of drug-likeness (QED) is 0.667. The van der Waals surface area contributed by atoms with Gasteiger partial charge in [0.15, 0.2) is 17.8 Å². The summed E-state index contributed by atoms with van der Waals surface area (Å²) in [6.07, 6.45) is -0.253. The monoisotopic (exact) mass is 287 g/mol. The topological polar surface area (TPSA) is 84.9 Å². The van der Waals surface area contributed by atoms with E-state index < -0.39 is 6.09 Å². The molecule has 2 N–H and O–H groups in total. The zero-order chi connectivity index (χ0) is 15.2. The lowest BCUT2D eigenvalue weighted by atomic mass is 10.2. The number of hydrogen-bond donors (Lipinski definition) is 2. The van der Waals surface area contributed by atoms with E-state index in [-0.39, 0.29) is 22.7 Å². The number of carbonyl (C=O) groups excluding carboxylic acids is 2. The number of hydrogen-bond acceptors (Lipinski definition) is 5. The van der Waals surface area contributed by atoms with Gasteiger partial charge in [0.1, 0.15) is 5.75 Å². The third kappa shape index (κ3) is 3.50. The van der Waals surface area contributed by atoms with Gasteiger partial charge >= 0.3 is 6.09 Å². The first-order valence-electron chi connectivity index (χ1n) is 6.04. The van der Waals surface area contributed by atoms with Gasteiger partial charge in [0, 0.05) is 11.8 Å². The number of amides is 1. The molecule has 2 aromatic carbocycles. The maximum Gasteiger partial charge on any atom is 0.417 e. The largest absolute Gasteiger partial charge is 0.504 e. The van der Waals surface area contributed by atoms with E-state index in [0.29, 0.717) is 12.0 Å². The molecule has 0 heterocycles. The maximum atomic E-state index is 11.7. The molecule has 21 heavy (non-hydrogen) atoms. The molecule has 2 aromatic rings. The van der Waals surface area contributed by atoms with Crippen molar-refractivity contribution < 1.29 is 24.2 Å². The zero-order valence-corrected chi connectivity index (χ0v) is 11.2. The van der Waals surface area contributed by atoms with Gasteiger partial charge in [0.05, 0.1) is 12.7 Å². The van der Waals surface area contributed by atoms with Gasteiger partial charge in [0.2, 0.25) is 0 Å². The van der Waals surface area contributed by atoms with Crippen molar-refractivity contribution in [2.45, 2.75) is 0 Å². The lowest BCUT2D eigenvalue weighted by Crippen LogP contribution is -2.16. The SMILES string of the molecule is COc1cc(NC(=O)Oc2ccccc2)cc(C=O)c1O. The van der Waals surface area contributed by atoms with Crippen LogP contribution in [0.25, 0.3) is 0 Å². The molecule has 0 aliphatic carbocycles. The molecule has 0 radical (unpaired) electrons. The number of para-hydroxylation sites is 1. The number of aldehydes is 1. The van der Waals surface area contributed by atoms with Crippen molar-refractivity contribution in [1.29, 1.82) is 0 Å². The van der Waals surface area contributed by atoms with Crippen LogP contribution in [0, 0.1) is 0 Å². The van der Waals surface area contributed by atoms with Crippen molar-refractivity contribution in [3.05, 3.63) is 48.0 Å². The minimum absolute atomic E-state index is 0.00404. The Morgan fingerprint density at radius 3 is 2.57 bits per heavy atom. The molecule has 1 amide bonds. The summed E-state index contributed by atoms with van der Waals surface area (Å²) in [4.78, 5) is 22.6. The van der Waals surface area contributed by atoms with Crippen LogP contribution >= 0.6 is 0 Å². The lowest BCUT2D eigenvalue weighted by molar-refractivity contribution is 0.112. The van der Waals surface area contributed by atoms with Gasteiger partial charge in [-0.1, -0.05) is 18.2 Å². The van der Waals surface area contributed by atoms with Crippen LogP contribution in [-0.2, 0) is 0 Å². The number of phenolic OH excluding ortho intramolecular Hbond substituents is 1. The Labute approximate surface area is 120 Å². The van der Waals surface area contributed by atoms with E-state index in [1.165, 1.54) is 19.2 Å². The molecular formula is C15H13NO5. The van der Waals surface area contributed by atoms with E-state index in [4.69, 9.17) is 9.47 Å². The molecule has 0 aliphatic rings. The number of aromatic hydroxyl groups is 1. The molecule has 0 atom stereocenters. The van der Waals surface area contributed by atoms with Crippen molar-refractivity contribution in [3.63, 3.8) is 0 Å². The predicted octanol–water partition coefficient (Wildman–Crippen LogP) is 2.82. The van der Waals surface area contributed by atoms with Crippen LogP contribution in [-0.4, -0.2) is 24.6 Å². The molecule has 0 unspecified atom stereocenters. The van der Waals surface area contributed by atoms with E-state index >= 15 is 0 Å². The fraction of sp³-hybridized carbons (Fsp3) is 0.0667. The summed E-state index contributed by atoms with van der Waals surface area (Å²) in [5, 5.41) is 12.1. The van der Waals surface area contributed by atoms with Crippen LogP contribution in [0.1, 0.15) is 10.4 Å². The Kier molecular flexibility index (Phi) is 4.40. The van der Waals surface area contributed by atoms with E-state index in [1.54, 1.807) is 30.3 Å². The van der Waals surface area contributed by atoms with Crippen LogP contribution in [0.15, 0.2) is 42.5 Å². The van der Waals surface area contributed by atoms with Crippen molar-refractivity contribution in [3.8, 4) is 17.2 Å². The number of methoxy groups -OCH3 is 1. The highest BCUT2D eigenvalue weighted by Crippen LogP contribution is 2.32. The minimum atomic E-state index is -0.717. The molecule has 0 saturated carbocycles. The second kappa shape index (κ2) is 6.42. The summed E-state index contributed by atoms with van der Waals surface area (Å²) < 4.78 is 9.98. The molecule has 6 nitrogen and oxygen atoms in total. The Morgan fingerprint density at radius 2 is 1.95 bits per heavy atom. The van der Waals surface area contributed by atoms with Gasteiger partial charge < -0.3 is 14.6 Å². The summed E-state index contributed by atoms with van der Waals surface area (Å²) in [6.45, 7) is 0. The van der Waals surface area contributed by atoms with Crippen LogP contribution in [0.2, 0.25) is 0 Å². The highest BCUT2D eigenvalue weighted by molar-refractivity contribution is 5.90. The number of nitrogens with one attached hydrogen (secondary N) is 1. The summed E-state index contributed by atoms with van der Waals surface area (Å²) in [7, 11) is 1.34. The molecule has 0 spiro atoms. The zero-order valence-electron chi connectivity index (χ0n) is 11.2. The van der Waals surface area contributed by atoms with Crippen molar-refractivity contribution in [2.24, 2.45) is 0 Å². The predicted molar refractivity (Wildman–Crippen MR) is 76.1 cm³/mol. The smallest absolute Gasteiger partial charge is 0.417 e. The van der Waals surface area contributed by atoms with E-state index in [2.05, 4.69) is 5.32 Å². The summed E-state index contributed by atoms with van der Waals surface area (Å²) >= 11 is 0. The normalized spacial score (nSPS) is 9.76. The van der Waals surface area contributed by atoms with E-state index in [0.717, 1.165) is 0 Å². The molecule has 0 aliphatic heterocycles.